The van der Waals surface area contributed by atoms with E-state index in [9.17, 15) is 0 Å². The first-order valence-electron chi connectivity index (χ1n) is 5.88. The van der Waals surface area contributed by atoms with E-state index in [-0.39, 0.29) is 0 Å². The molecule has 0 radical (unpaired) electrons. The molecular formula is C12H8N8. The van der Waals surface area contributed by atoms with Gasteiger partial charge in [0.15, 0.2) is 0 Å². The van der Waals surface area contributed by atoms with Crippen LogP contribution in [-0.4, -0.2) is 40.0 Å². The van der Waals surface area contributed by atoms with Crippen LogP contribution in [0, 0.1) is 0 Å². The molecule has 8 nitrogen and oxygen atoms in total. The molecule has 4 aromatic rings. The fourth-order valence-electron chi connectivity index (χ4n) is 2.05. The number of hydrogen-bond acceptors (Lipinski definition) is 6. The molecule has 1 N–H and O–H groups in total. The van der Waals surface area contributed by atoms with Gasteiger partial charge >= 0.3 is 0 Å². The van der Waals surface area contributed by atoms with Gasteiger partial charge in [0.05, 0.1) is 23.8 Å². The van der Waals surface area contributed by atoms with Crippen LogP contribution >= 0.6 is 0 Å². The van der Waals surface area contributed by atoms with Crippen LogP contribution in [0.1, 0.15) is 0 Å². The van der Waals surface area contributed by atoms with Crippen molar-refractivity contribution < 1.29 is 0 Å². The zero-order valence-electron chi connectivity index (χ0n) is 10.2. The van der Waals surface area contributed by atoms with Gasteiger partial charge in [0, 0.05) is 11.8 Å². The smallest absolute Gasteiger partial charge is 0.136 e. The van der Waals surface area contributed by atoms with E-state index in [4.69, 9.17) is 0 Å². The highest BCUT2D eigenvalue weighted by Gasteiger charge is 2.16. The minimum atomic E-state index is 0.726. The van der Waals surface area contributed by atoms with Gasteiger partial charge < -0.3 is 0 Å². The van der Waals surface area contributed by atoms with Crippen LogP contribution in [0.25, 0.3) is 28.2 Å². The van der Waals surface area contributed by atoms with Gasteiger partial charge in [-0.1, -0.05) is 0 Å². The van der Waals surface area contributed by atoms with Gasteiger partial charge in [-0.15, -0.1) is 0 Å². The number of hydrogen-bond donors (Lipinski definition) is 1. The molecule has 0 bridgehead atoms. The van der Waals surface area contributed by atoms with Crippen molar-refractivity contribution in [2.45, 2.75) is 0 Å². The molecule has 96 valence electrons. The number of imidazole rings is 1. The predicted octanol–water partition coefficient (Wildman–Crippen LogP) is 0.971. The largest absolute Gasteiger partial charge is 0.275 e. The normalized spacial score (nSPS) is 11.0. The maximum Gasteiger partial charge on any atom is 0.136 e. The van der Waals surface area contributed by atoms with Crippen LogP contribution in [0.2, 0.25) is 0 Å². The molecule has 0 spiro atoms. The number of fused-ring (bicyclic) bond motifs is 1. The summed E-state index contributed by atoms with van der Waals surface area (Å²) in [4.78, 5) is 8.39. The van der Waals surface area contributed by atoms with E-state index in [0.717, 1.165) is 28.2 Å². The van der Waals surface area contributed by atoms with Crippen molar-refractivity contribution in [1.82, 2.24) is 40.0 Å². The number of rotatable bonds is 2. The minimum absolute atomic E-state index is 0.726. The molecule has 0 saturated heterocycles. The maximum atomic E-state index is 4.36. The first-order valence-corrected chi connectivity index (χ1v) is 5.88. The van der Waals surface area contributed by atoms with Crippen molar-refractivity contribution >= 4 is 5.52 Å². The fraction of sp³-hybridized carbons (Fsp3) is 0. The van der Waals surface area contributed by atoms with E-state index >= 15 is 0 Å². The van der Waals surface area contributed by atoms with E-state index in [1.165, 1.54) is 6.33 Å². The molecule has 0 atom stereocenters. The Bertz CT molecular complexity index is 863. The summed E-state index contributed by atoms with van der Waals surface area (Å²) in [6.45, 7) is 0. The minimum Gasteiger partial charge on any atom is -0.275 e. The first kappa shape index (κ1) is 10.7. The maximum absolute atomic E-state index is 4.36. The highest BCUT2D eigenvalue weighted by molar-refractivity contribution is 5.84. The molecule has 0 aliphatic carbocycles. The van der Waals surface area contributed by atoms with Crippen LogP contribution < -0.4 is 0 Å². The summed E-state index contributed by atoms with van der Waals surface area (Å²) in [6, 6.07) is 3.70. The predicted molar refractivity (Wildman–Crippen MR) is 69.4 cm³/mol. The molecule has 0 aliphatic rings. The van der Waals surface area contributed by atoms with E-state index in [1.807, 2.05) is 12.1 Å². The third-order valence-electron chi connectivity index (χ3n) is 2.95. The Morgan fingerprint density at radius 3 is 3.10 bits per heavy atom. The molecule has 0 amide bonds. The van der Waals surface area contributed by atoms with E-state index in [2.05, 4.69) is 35.5 Å². The Morgan fingerprint density at radius 1 is 1.20 bits per heavy atom. The summed E-state index contributed by atoms with van der Waals surface area (Å²) in [5.41, 5.74) is 3.85. The number of nitrogens with one attached hydrogen (secondary N) is 1. The molecule has 0 aromatic carbocycles. The number of aromatic nitrogens is 8. The highest BCUT2D eigenvalue weighted by Crippen LogP contribution is 2.29. The summed E-state index contributed by atoms with van der Waals surface area (Å²) in [6.07, 6.45) is 8.14. The molecular weight excluding hydrogens is 256 g/mol. The molecule has 4 rings (SSSR count). The molecule has 20 heavy (non-hydrogen) atoms. The topological polar surface area (TPSA) is 97.5 Å². The average molecular weight is 264 g/mol. The molecule has 0 unspecified atom stereocenters. The van der Waals surface area contributed by atoms with Crippen molar-refractivity contribution in [1.29, 1.82) is 0 Å². The number of H-pyrrole nitrogens is 1. The average Bonchev–Trinajstić information content (AvgIpc) is 3.14. The van der Waals surface area contributed by atoms with Crippen molar-refractivity contribution in [2.75, 3.05) is 0 Å². The number of nitrogens with zero attached hydrogens (tertiary/aromatic N) is 7. The molecule has 4 aromatic heterocycles. The van der Waals surface area contributed by atoms with Crippen molar-refractivity contribution in [3.8, 4) is 22.6 Å². The lowest BCUT2D eigenvalue weighted by Gasteiger charge is -1.99. The standard InChI is InChI=1S/C12H8N8/c1-2-9(18-15-3-1)8-4-16-19-11(8)12-10-5-13-6-17-20(10)7-14-12/h1-7H,(H,16,19). The SMILES string of the molecule is c1cnnc(-c2cn[nH]c2-c2ncn3ncncc23)c1. The quantitative estimate of drug-likeness (QED) is 0.579. The monoisotopic (exact) mass is 264 g/mol. The Morgan fingerprint density at radius 2 is 2.20 bits per heavy atom. The summed E-state index contributed by atoms with van der Waals surface area (Å²) < 4.78 is 1.66. The van der Waals surface area contributed by atoms with E-state index in [0.29, 0.717) is 0 Å². The lowest BCUT2D eigenvalue weighted by Crippen LogP contribution is -1.91. The first-order chi connectivity index (χ1) is 9.93. The van der Waals surface area contributed by atoms with Gasteiger partial charge in [-0.3, -0.25) is 5.10 Å². The Labute approximate surface area is 112 Å². The van der Waals surface area contributed by atoms with Gasteiger partial charge in [-0.05, 0) is 12.1 Å². The molecule has 0 saturated carbocycles. The number of aromatic amines is 1. The molecule has 8 heteroatoms. The molecule has 4 heterocycles. The second kappa shape index (κ2) is 4.19. The van der Waals surface area contributed by atoms with Gasteiger partial charge in [0.1, 0.15) is 23.9 Å². The lowest BCUT2D eigenvalue weighted by atomic mass is 10.1. The second-order valence-corrected chi connectivity index (χ2v) is 4.10. The van der Waals surface area contributed by atoms with Crippen LogP contribution in [0.3, 0.4) is 0 Å². The Kier molecular flexibility index (Phi) is 2.25. The van der Waals surface area contributed by atoms with Gasteiger partial charge in [0.25, 0.3) is 0 Å². The van der Waals surface area contributed by atoms with Crippen LogP contribution in [0.4, 0.5) is 0 Å². The van der Waals surface area contributed by atoms with Gasteiger partial charge in [-0.25, -0.2) is 14.5 Å². The van der Waals surface area contributed by atoms with Gasteiger partial charge in [-0.2, -0.15) is 20.4 Å². The second-order valence-electron chi connectivity index (χ2n) is 4.10. The van der Waals surface area contributed by atoms with Crippen LogP contribution in [0.15, 0.2) is 43.4 Å². The highest BCUT2D eigenvalue weighted by atomic mass is 15.3. The van der Waals surface area contributed by atoms with Crippen LogP contribution in [-0.2, 0) is 0 Å². The van der Waals surface area contributed by atoms with Crippen molar-refractivity contribution in [3.63, 3.8) is 0 Å². The zero-order chi connectivity index (χ0) is 13.4. The van der Waals surface area contributed by atoms with Crippen molar-refractivity contribution in [2.24, 2.45) is 0 Å². The summed E-state index contributed by atoms with van der Waals surface area (Å²) in [5.74, 6) is 0. The Balaban J connectivity index is 1.94. The fourth-order valence-corrected chi connectivity index (χ4v) is 2.05. The Hall–Kier alpha value is -3.16. The van der Waals surface area contributed by atoms with E-state index < -0.39 is 0 Å². The lowest BCUT2D eigenvalue weighted by molar-refractivity contribution is 0.892. The summed E-state index contributed by atoms with van der Waals surface area (Å²) in [7, 11) is 0. The van der Waals surface area contributed by atoms with E-state index in [1.54, 1.807) is 29.4 Å². The molecule has 0 fully saturated rings. The third kappa shape index (κ3) is 1.55. The summed E-state index contributed by atoms with van der Waals surface area (Å²) in [5, 5.41) is 19.1. The molecule has 0 aliphatic heterocycles. The summed E-state index contributed by atoms with van der Waals surface area (Å²) >= 11 is 0. The van der Waals surface area contributed by atoms with Crippen LogP contribution in [0.5, 0.6) is 0 Å². The third-order valence-corrected chi connectivity index (χ3v) is 2.95. The van der Waals surface area contributed by atoms with Crippen molar-refractivity contribution in [3.05, 3.63) is 43.4 Å². The van der Waals surface area contributed by atoms with Gasteiger partial charge in [0.2, 0.25) is 0 Å². The zero-order valence-corrected chi connectivity index (χ0v) is 10.2.